The molecule has 0 heterocycles. The number of benzene rings is 1. The Morgan fingerprint density at radius 2 is 2.00 bits per heavy atom. The standard InChI is InChI=1S/C17H24N2O/c18-11-15-6-3-7-16(15)19-17(20)14-9-8-12-4-1-2-5-13(12)10-14/h1-2,4-5,14-16H,3,6-11,18H2,(H,19,20). The monoisotopic (exact) mass is 272 g/mol. The summed E-state index contributed by atoms with van der Waals surface area (Å²) in [5.74, 6) is 0.864. The number of carbonyl (C=O) groups is 1. The van der Waals surface area contributed by atoms with Gasteiger partial charge in [0.1, 0.15) is 0 Å². The Kier molecular flexibility index (Phi) is 4.06. The molecule has 3 heteroatoms. The molecule has 0 spiro atoms. The molecule has 3 unspecified atom stereocenters. The summed E-state index contributed by atoms with van der Waals surface area (Å²) in [6.45, 7) is 0.693. The van der Waals surface area contributed by atoms with E-state index < -0.39 is 0 Å². The highest BCUT2D eigenvalue weighted by Crippen LogP contribution is 2.28. The van der Waals surface area contributed by atoms with Crippen molar-refractivity contribution in [2.45, 2.75) is 44.6 Å². The van der Waals surface area contributed by atoms with Crippen molar-refractivity contribution in [2.75, 3.05) is 6.54 Å². The number of rotatable bonds is 3. The first kappa shape index (κ1) is 13.6. The molecule has 20 heavy (non-hydrogen) atoms. The smallest absolute Gasteiger partial charge is 0.223 e. The minimum Gasteiger partial charge on any atom is -0.353 e. The lowest BCUT2D eigenvalue weighted by Gasteiger charge is -2.27. The minimum atomic E-state index is 0.143. The summed E-state index contributed by atoms with van der Waals surface area (Å²) in [4.78, 5) is 12.5. The van der Waals surface area contributed by atoms with Crippen molar-refractivity contribution in [3.63, 3.8) is 0 Å². The van der Waals surface area contributed by atoms with Crippen LogP contribution in [0.4, 0.5) is 0 Å². The maximum Gasteiger partial charge on any atom is 0.223 e. The summed E-state index contributed by atoms with van der Waals surface area (Å²) in [7, 11) is 0. The zero-order valence-electron chi connectivity index (χ0n) is 12.0. The quantitative estimate of drug-likeness (QED) is 0.884. The van der Waals surface area contributed by atoms with Gasteiger partial charge in [-0.2, -0.15) is 0 Å². The number of nitrogens with one attached hydrogen (secondary N) is 1. The first-order valence-electron chi connectivity index (χ1n) is 7.85. The van der Waals surface area contributed by atoms with Crippen molar-refractivity contribution in [3.8, 4) is 0 Å². The lowest BCUT2D eigenvalue weighted by molar-refractivity contribution is -0.126. The molecule has 3 N–H and O–H groups in total. The number of carbonyl (C=O) groups excluding carboxylic acids is 1. The Labute approximate surface area is 120 Å². The van der Waals surface area contributed by atoms with E-state index >= 15 is 0 Å². The second-order valence-electron chi connectivity index (χ2n) is 6.25. The molecular weight excluding hydrogens is 248 g/mol. The summed E-state index contributed by atoms with van der Waals surface area (Å²) >= 11 is 0. The van der Waals surface area contributed by atoms with Crippen LogP contribution in [0.5, 0.6) is 0 Å². The maximum absolute atomic E-state index is 12.5. The van der Waals surface area contributed by atoms with Crippen LogP contribution in [0.25, 0.3) is 0 Å². The van der Waals surface area contributed by atoms with Crippen molar-refractivity contribution in [2.24, 2.45) is 17.6 Å². The van der Waals surface area contributed by atoms with Crippen LogP contribution in [0.15, 0.2) is 24.3 Å². The predicted octanol–water partition coefficient (Wildman–Crippen LogP) is 2.04. The Morgan fingerprint density at radius 3 is 2.80 bits per heavy atom. The molecule has 0 aromatic heterocycles. The number of nitrogens with two attached hydrogens (primary N) is 1. The first-order chi connectivity index (χ1) is 9.78. The zero-order valence-corrected chi connectivity index (χ0v) is 12.0. The molecule has 1 fully saturated rings. The summed E-state index contributed by atoms with van der Waals surface area (Å²) < 4.78 is 0. The van der Waals surface area contributed by atoms with Crippen molar-refractivity contribution in [1.82, 2.24) is 5.32 Å². The molecule has 2 aliphatic rings. The van der Waals surface area contributed by atoms with Crippen LogP contribution in [-0.4, -0.2) is 18.5 Å². The van der Waals surface area contributed by atoms with Gasteiger partial charge in [0.25, 0.3) is 0 Å². The average molecular weight is 272 g/mol. The van der Waals surface area contributed by atoms with E-state index in [4.69, 9.17) is 5.73 Å². The molecule has 1 amide bonds. The largest absolute Gasteiger partial charge is 0.353 e. The molecule has 108 valence electrons. The van der Waals surface area contributed by atoms with Gasteiger partial charge in [0.2, 0.25) is 5.91 Å². The number of fused-ring (bicyclic) bond motifs is 1. The number of amides is 1. The van der Waals surface area contributed by atoms with Gasteiger partial charge in [-0.05, 0) is 55.7 Å². The van der Waals surface area contributed by atoms with E-state index in [0.717, 1.165) is 32.1 Å². The third-order valence-electron chi connectivity index (χ3n) is 5.01. The van der Waals surface area contributed by atoms with Crippen molar-refractivity contribution < 1.29 is 4.79 Å². The average Bonchev–Trinajstić information content (AvgIpc) is 2.94. The summed E-state index contributed by atoms with van der Waals surface area (Å²) in [6.07, 6.45) is 6.34. The number of hydrogen-bond acceptors (Lipinski definition) is 2. The van der Waals surface area contributed by atoms with Crippen molar-refractivity contribution in [3.05, 3.63) is 35.4 Å². The Balaban J connectivity index is 1.61. The molecule has 1 saturated carbocycles. The Bertz CT molecular complexity index is 486. The van der Waals surface area contributed by atoms with Gasteiger partial charge in [-0.3, -0.25) is 4.79 Å². The minimum absolute atomic E-state index is 0.143. The molecule has 3 nitrogen and oxygen atoms in total. The molecule has 2 aliphatic carbocycles. The van der Waals surface area contributed by atoms with Gasteiger partial charge < -0.3 is 11.1 Å². The number of hydrogen-bond donors (Lipinski definition) is 2. The molecule has 1 aromatic carbocycles. The van der Waals surface area contributed by atoms with Gasteiger partial charge >= 0.3 is 0 Å². The van der Waals surface area contributed by atoms with Gasteiger partial charge in [0.15, 0.2) is 0 Å². The normalized spacial score (nSPS) is 28.9. The molecule has 3 atom stereocenters. The topological polar surface area (TPSA) is 55.1 Å². The first-order valence-corrected chi connectivity index (χ1v) is 7.85. The highest BCUT2D eigenvalue weighted by atomic mass is 16.1. The van der Waals surface area contributed by atoms with Gasteiger partial charge in [-0.15, -0.1) is 0 Å². The van der Waals surface area contributed by atoms with Crippen LogP contribution < -0.4 is 11.1 Å². The van der Waals surface area contributed by atoms with Crippen molar-refractivity contribution >= 4 is 5.91 Å². The van der Waals surface area contributed by atoms with E-state index in [-0.39, 0.29) is 11.8 Å². The second kappa shape index (κ2) is 5.96. The van der Waals surface area contributed by atoms with E-state index in [1.165, 1.54) is 17.5 Å². The fraction of sp³-hybridized carbons (Fsp3) is 0.588. The summed E-state index contributed by atoms with van der Waals surface area (Å²) in [5.41, 5.74) is 8.55. The lowest BCUT2D eigenvalue weighted by Crippen LogP contribution is -2.43. The number of aryl methyl sites for hydroxylation is 1. The van der Waals surface area contributed by atoms with E-state index in [9.17, 15) is 4.79 Å². The maximum atomic E-state index is 12.5. The third-order valence-corrected chi connectivity index (χ3v) is 5.01. The van der Waals surface area contributed by atoms with Crippen LogP contribution in [0.1, 0.15) is 36.8 Å². The fourth-order valence-electron chi connectivity index (χ4n) is 3.73. The van der Waals surface area contributed by atoms with Crippen LogP contribution in [-0.2, 0) is 17.6 Å². The SMILES string of the molecule is NCC1CCCC1NC(=O)C1CCc2ccccc2C1. The predicted molar refractivity (Wildman–Crippen MR) is 80.3 cm³/mol. The zero-order chi connectivity index (χ0) is 13.9. The van der Waals surface area contributed by atoms with Crippen LogP contribution in [0.2, 0.25) is 0 Å². The Morgan fingerprint density at radius 1 is 1.20 bits per heavy atom. The van der Waals surface area contributed by atoms with Gasteiger partial charge in [-0.25, -0.2) is 0 Å². The molecule has 3 rings (SSSR count). The fourth-order valence-corrected chi connectivity index (χ4v) is 3.73. The highest BCUT2D eigenvalue weighted by molar-refractivity contribution is 5.79. The van der Waals surface area contributed by atoms with Crippen molar-refractivity contribution in [1.29, 1.82) is 0 Å². The lowest BCUT2D eigenvalue weighted by atomic mass is 9.83. The van der Waals surface area contributed by atoms with E-state index in [2.05, 4.69) is 29.6 Å². The van der Waals surface area contributed by atoms with Gasteiger partial charge in [0.05, 0.1) is 0 Å². The summed E-state index contributed by atoms with van der Waals surface area (Å²) in [5, 5.41) is 3.26. The van der Waals surface area contributed by atoms with Crippen LogP contribution in [0.3, 0.4) is 0 Å². The summed E-state index contributed by atoms with van der Waals surface area (Å²) in [6, 6.07) is 8.81. The third kappa shape index (κ3) is 2.73. The molecule has 1 aromatic rings. The van der Waals surface area contributed by atoms with E-state index in [1.807, 2.05) is 0 Å². The molecule has 0 bridgehead atoms. The highest BCUT2D eigenvalue weighted by Gasteiger charge is 2.31. The van der Waals surface area contributed by atoms with Crippen LogP contribution >= 0.6 is 0 Å². The molecule has 0 saturated heterocycles. The van der Waals surface area contributed by atoms with E-state index in [1.54, 1.807) is 0 Å². The Hall–Kier alpha value is -1.35. The molecule has 0 aliphatic heterocycles. The van der Waals surface area contributed by atoms with Crippen LogP contribution in [0, 0.1) is 11.8 Å². The second-order valence-corrected chi connectivity index (χ2v) is 6.25. The van der Waals surface area contributed by atoms with E-state index in [0.29, 0.717) is 18.5 Å². The molecular formula is C17H24N2O. The molecule has 0 radical (unpaired) electrons. The van der Waals surface area contributed by atoms with Gasteiger partial charge in [-0.1, -0.05) is 30.7 Å². The van der Waals surface area contributed by atoms with Gasteiger partial charge in [0, 0.05) is 12.0 Å².